The topological polar surface area (TPSA) is 29.3 Å². The van der Waals surface area contributed by atoms with Gasteiger partial charge in [-0.3, -0.25) is 4.90 Å². The van der Waals surface area contributed by atoms with Gasteiger partial charge in [0.25, 0.3) is 0 Å². The van der Waals surface area contributed by atoms with E-state index in [-0.39, 0.29) is 5.54 Å². The van der Waals surface area contributed by atoms with Crippen molar-refractivity contribution in [2.75, 3.05) is 13.6 Å². The van der Waals surface area contributed by atoms with Crippen LogP contribution in [-0.4, -0.2) is 24.0 Å². The first kappa shape index (κ1) is 15.5. The first-order valence-electron chi connectivity index (χ1n) is 7.94. The largest absolute Gasteiger partial charge is 0.329 e. The number of nitrogens with two attached hydrogens (primary N) is 1. The molecule has 0 aliphatic heterocycles. The fourth-order valence-electron chi connectivity index (χ4n) is 3.43. The van der Waals surface area contributed by atoms with Gasteiger partial charge in [-0.15, -0.1) is 0 Å². The molecule has 0 bridgehead atoms. The van der Waals surface area contributed by atoms with Crippen molar-refractivity contribution in [2.45, 2.75) is 58.5 Å². The molecule has 20 heavy (non-hydrogen) atoms. The minimum absolute atomic E-state index is 0.211. The van der Waals surface area contributed by atoms with E-state index in [1.807, 2.05) is 0 Å². The van der Waals surface area contributed by atoms with Crippen LogP contribution in [0.3, 0.4) is 0 Å². The predicted molar refractivity (Wildman–Crippen MR) is 86.8 cm³/mol. The molecule has 1 aromatic carbocycles. The van der Waals surface area contributed by atoms with Gasteiger partial charge in [-0.1, -0.05) is 30.7 Å². The summed E-state index contributed by atoms with van der Waals surface area (Å²) in [5.74, 6) is 0.865. The van der Waals surface area contributed by atoms with Gasteiger partial charge >= 0.3 is 0 Å². The summed E-state index contributed by atoms with van der Waals surface area (Å²) in [6, 6.07) is 6.75. The molecule has 1 saturated carbocycles. The lowest BCUT2D eigenvalue weighted by atomic mass is 9.76. The summed E-state index contributed by atoms with van der Waals surface area (Å²) in [5, 5.41) is 0. The van der Waals surface area contributed by atoms with E-state index in [9.17, 15) is 0 Å². The van der Waals surface area contributed by atoms with Crippen LogP contribution < -0.4 is 5.73 Å². The van der Waals surface area contributed by atoms with E-state index in [1.165, 1.54) is 42.4 Å². The van der Waals surface area contributed by atoms with E-state index in [1.54, 1.807) is 0 Å². The molecule has 0 amide bonds. The number of hydrogen-bond acceptors (Lipinski definition) is 2. The number of likely N-dealkylation sites (N-methyl/N-ethyl adjacent to an activating group) is 1. The van der Waals surface area contributed by atoms with Crippen LogP contribution in [0.1, 0.15) is 49.3 Å². The second kappa shape index (κ2) is 6.28. The third-order valence-electron chi connectivity index (χ3n) is 5.31. The summed E-state index contributed by atoms with van der Waals surface area (Å²) in [6.07, 6.45) is 5.11. The smallest absolute Gasteiger partial charge is 0.0332 e. The summed E-state index contributed by atoms with van der Waals surface area (Å²) < 4.78 is 0. The molecule has 1 aliphatic carbocycles. The maximum atomic E-state index is 6.16. The van der Waals surface area contributed by atoms with Crippen LogP contribution in [0.25, 0.3) is 0 Å². The molecule has 112 valence electrons. The molecule has 0 spiro atoms. The average molecular weight is 274 g/mol. The Bertz CT molecular complexity index is 445. The maximum Gasteiger partial charge on any atom is 0.0332 e. The number of rotatable bonds is 4. The van der Waals surface area contributed by atoms with Gasteiger partial charge in [0.1, 0.15) is 0 Å². The van der Waals surface area contributed by atoms with Crippen molar-refractivity contribution in [2.24, 2.45) is 11.7 Å². The van der Waals surface area contributed by atoms with E-state index in [2.05, 4.69) is 50.9 Å². The quantitative estimate of drug-likeness (QED) is 0.908. The highest BCUT2D eigenvalue weighted by molar-refractivity contribution is 5.30. The van der Waals surface area contributed by atoms with Gasteiger partial charge in [-0.05, 0) is 63.6 Å². The van der Waals surface area contributed by atoms with Crippen molar-refractivity contribution < 1.29 is 0 Å². The Labute approximate surface area is 124 Å². The van der Waals surface area contributed by atoms with Gasteiger partial charge < -0.3 is 5.73 Å². The minimum atomic E-state index is 0.211. The van der Waals surface area contributed by atoms with Crippen LogP contribution in [0.4, 0.5) is 0 Å². The molecule has 2 N–H and O–H groups in total. The predicted octanol–water partition coefficient (Wildman–Crippen LogP) is 3.64. The molecule has 2 heteroatoms. The van der Waals surface area contributed by atoms with Crippen molar-refractivity contribution in [3.8, 4) is 0 Å². The van der Waals surface area contributed by atoms with E-state index >= 15 is 0 Å². The summed E-state index contributed by atoms with van der Waals surface area (Å²) in [7, 11) is 2.25. The lowest BCUT2D eigenvalue weighted by Crippen LogP contribution is -2.53. The van der Waals surface area contributed by atoms with E-state index in [0.29, 0.717) is 0 Å². The molecule has 1 fully saturated rings. The van der Waals surface area contributed by atoms with Crippen LogP contribution in [0.15, 0.2) is 18.2 Å². The van der Waals surface area contributed by atoms with Gasteiger partial charge in [-0.25, -0.2) is 0 Å². The lowest BCUT2D eigenvalue weighted by Gasteiger charge is -2.45. The monoisotopic (exact) mass is 274 g/mol. The molecular weight excluding hydrogens is 244 g/mol. The SMILES string of the molecule is Cc1ccc(C)c(CN(C)C2(CN)CCC(C)CC2)c1. The summed E-state index contributed by atoms with van der Waals surface area (Å²) in [5.41, 5.74) is 10.6. The third-order valence-corrected chi connectivity index (χ3v) is 5.31. The standard InChI is InChI=1S/C18H30N2/c1-14-7-9-18(13-19,10-8-14)20(4)12-17-11-15(2)5-6-16(17)3/h5-6,11,14H,7-10,12-13,19H2,1-4H3. The van der Waals surface area contributed by atoms with Crippen molar-refractivity contribution in [1.29, 1.82) is 0 Å². The molecule has 1 aliphatic rings. The van der Waals surface area contributed by atoms with Gasteiger partial charge in [0.15, 0.2) is 0 Å². The Balaban J connectivity index is 2.13. The highest BCUT2D eigenvalue weighted by Gasteiger charge is 2.36. The average Bonchev–Trinajstić information content (AvgIpc) is 2.44. The number of aryl methyl sites for hydroxylation is 2. The number of benzene rings is 1. The van der Waals surface area contributed by atoms with Gasteiger partial charge in [0.2, 0.25) is 0 Å². The zero-order chi connectivity index (χ0) is 14.8. The van der Waals surface area contributed by atoms with Crippen LogP contribution in [0, 0.1) is 19.8 Å². The molecule has 1 aromatic rings. The molecule has 0 aromatic heterocycles. The zero-order valence-corrected chi connectivity index (χ0v) is 13.6. The highest BCUT2D eigenvalue weighted by Crippen LogP contribution is 2.36. The van der Waals surface area contributed by atoms with E-state index in [0.717, 1.165) is 19.0 Å². The fourth-order valence-corrected chi connectivity index (χ4v) is 3.43. The summed E-state index contributed by atoms with van der Waals surface area (Å²) >= 11 is 0. The normalized spacial score (nSPS) is 27.0. The summed E-state index contributed by atoms with van der Waals surface area (Å²) in [6.45, 7) is 8.54. The molecule has 0 heterocycles. The Hall–Kier alpha value is -0.860. The van der Waals surface area contributed by atoms with Gasteiger partial charge in [-0.2, -0.15) is 0 Å². The summed E-state index contributed by atoms with van der Waals surface area (Å²) in [4.78, 5) is 2.51. The Morgan fingerprint density at radius 1 is 1.25 bits per heavy atom. The lowest BCUT2D eigenvalue weighted by molar-refractivity contribution is 0.0614. The molecule has 0 saturated heterocycles. The first-order valence-corrected chi connectivity index (χ1v) is 7.94. The molecular formula is C18H30N2. The molecule has 0 unspecified atom stereocenters. The molecule has 0 atom stereocenters. The zero-order valence-electron chi connectivity index (χ0n) is 13.6. The van der Waals surface area contributed by atoms with E-state index < -0.39 is 0 Å². The number of nitrogens with zero attached hydrogens (tertiary/aromatic N) is 1. The Kier molecular flexibility index (Phi) is 4.87. The van der Waals surface area contributed by atoms with Gasteiger partial charge in [0, 0.05) is 18.6 Å². The van der Waals surface area contributed by atoms with Crippen molar-refractivity contribution in [3.05, 3.63) is 34.9 Å². The fraction of sp³-hybridized carbons (Fsp3) is 0.667. The Morgan fingerprint density at radius 2 is 1.90 bits per heavy atom. The van der Waals surface area contributed by atoms with Crippen molar-refractivity contribution >= 4 is 0 Å². The second-order valence-corrected chi connectivity index (χ2v) is 6.90. The number of hydrogen-bond donors (Lipinski definition) is 1. The van der Waals surface area contributed by atoms with Gasteiger partial charge in [0.05, 0.1) is 0 Å². The van der Waals surface area contributed by atoms with Crippen LogP contribution in [-0.2, 0) is 6.54 Å². The van der Waals surface area contributed by atoms with Crippen molar-refractivity contribution in [3.63, 3.8) is 0 Å². The Morgan fingerprint density at radius 3 is 2.50 bits per heavy atom. The van der Waals surface area contributed by atoms with Crippen LogP contribution in [0.5, 0.6) is 0 Å². The van der Waals surface area contributed by atoms with Crippen LogP contribution >= 0.6 is 0 Å². The minimum Gasteiger partial charge on any atom is -0.329 e. The second-order valence-electron chi connectivity index (χ2n) is 6.90. The highest BCUT2D eigenvalue weighted by atomic mass is 15.2. The first-order chi connectivity index (χ1) is 9.47. The molecule has 0 radical (unpaired) electrons. The maximum absolute atomic E-state index is 6.16. The van der Waals surface area contributed by atoms with E-state index in [4.69, 9.17) is 5.73 Å². The van der Waals surface area contributed by atoms with Crippen LogP contribution in [0.2, 0.25) is 0 Å². The van der Waals surface area contributed by atoms with Crippen molar-refractivity contribution in [1.82, 2.24) is 4.90 Å². The molecule has 2 rings (SSSR count). The third kappa shape index (κ3) is 3.24. The molecule has 2 nitrogen and oxygen atoms in total.